The van der Waals surface area contributed by atoms with Crippen LogP contribution in [0.3, 0.4) is 0 Å². The molecule has 0 amide bonds. The molecule has 0 aliphatic carbocycles. The summed E-state index contributed by atoms with van der Waals surface area (Å²) in [6.45, 7) is 11.8. The summed E-state index contributed by atoms with van der Waals surface area (Å²) in [5, 5.41) is 0. The van der Waals surface area contributed by atoms with E-state index in [9.17, 15) is 0 Å². The van der Waals surface area contributed by atoms with Crippen molar-refractivity contribution in [3.8, 4) is 0 Å². The van der Waals surface area contributed by atoms with Gasteiger partial charge in [-0.25, -0.2) is 0 Å². The minimum atomic E-state index is 0.771. The highest BCUT2D eigenvalue weighted by Crippen LogP contribution is 2.28. The molecule has 0 radical (unpaired) electrons. The molecule has 1 heterocycles. The highest BCUT2D eigenvalue weighted by Gasteiger charge is 2.30. The van der Waals surface area contributed by atoms with Crippen molar-refractivity contribution < 1.29 is 0 Å². The van der Waals surface area contributed by atoms with Crippen LogP contribution in [0.5, 0.6) is 0 Å². The number of hydrogen-bond donors (Lipinski definition) is 0. The third-order valence-electron chi connectivity index (χ3n) is 3.34. The molecule has 0 spiro atoms. The van der Waals surface area contributed by atoms with Crippen LogP contribution in [-0.4, -0.2) is 23.0 Å². The first kappa shape index (κ1) is 11.0. The standard InChI is InChI=1S/C12H25N/c1-9(2)8-12(5)13-10(3)6-7-11(13)4/h9-12H,6-8H2,1-5H3/t10-,11+,12-/m0/s1. The quantitative estimate of drug-likeness (QED) is 0.649. The van der Waals surface area contributed by atoms with E-state index in [4.69, 9.17) is 0 Å². The average Bonchev–Trinajstić information content (AvgIpc) is 2.29. The number of nitrogens with zero attached hydrogens (tertiary/aromatic N) is 1. The molecule has 0 aromatic heterocycles. The van der Waals surface area contributed by atoms with E-state index < -0.39 is 0 Å². The van der Waals surface area contributed by atoms with Crippen molar-refractivity contribution in [3.05, 3.63) is 0 Å². The summed E-state index contributed by atoms with van der Waals surface area (Å²) >= 11 is 0. The molecule has 1 rings (SSSR count). The molecule has 1 aliphatic rings. The predicted molar refractivity (Wildman–Crippen MR) is 58.9 cm³/mol. The van der Waals surface area contributed by atoms with Crippen LogP contribution in [0, 0.1) is 5.92 Å². The van der Waals surface area contributed by atoms with Crippen LogP contribution < -0.4 is 0 Å². The molecule has 0 unspecified atom stereocenters. The van der Waals surface area contributed by atoms with Crippen LogP contribution in [0.2, 0.25) is 0 Å². The summed E-state index contributed by atoms with van der Waals surface area (Å²) < 4.78 is 0. The van der Waals surface area contributed by atoms with E-state index in [-0.39, 0.29) is 0 Å². The summed E-state index contributed by atoms with van der Waals surface area (Å²) in [4.78, 5) is 2.71. The third-order valence-corrected chi connectivity index (χ3v) is 3.34. The normalized spacial score (nSPS) is 32.8. The second-order valence-electron chi connectivity index (χ2n) is 5.20. The van der Waals surface area contributed by atoms with Crippen molar-refractivity contribution in [2.45, 2.75) is 72.0 Å². The Kier molecular flexibility index (Phi) is 3.78. The summed E-state index contributed by atoms with van der Waals surface area (Å²) in [5.41, 5.74) is 0. The molecule has 1 fully saturated rings. The van der Waals surface area contributed by atoms with E-state index in [0.29, 0.717) is 0 Å². The van der Waals surface area contributed by atoms with Crippen molar-refractivity contribution in [1.82, 2.24) is 4.90 Å². The molecule has 1 heteroatoms. The molecule has 78 valence electrons. The Labute approximate surface area is 83.5 Å². The summed E-state index contributed by atoms with van der Waals surface area (Å²) in [5.74, 6) is 0.829. The maximum Gasteiger partial charge on any atom is 0.00750 e. The highest BCUT2D eigenvalue weighted by atomic mass is 15.2. The number of rotatable bonds is 3. The van der Waals surface area contributed by atoms with Crippen molar-refractivity contribution >= 4 is 0 Å². The van der Waals surface area contributed by atoms with E-state index in [1.54, 1.807) is 0 Å². The first-order valence-electron chi connectivity index (χ1n) is 5.79. The van der Waals surface area contributed by atoms with Gasteiger partial charge in [0.2, 0.25) is 0 Å². The van der Waals surface area contributed by atoms with Gasteiger partial charge in [0.05, 0.1) is 0 Å². The monoisotopic (exact) mass is 183 g/mol. The molecule has 1 nitrogen and oxygen atoms in total. The van der Waals surface area contributed by atoms with E-state index in [0.717, 1.165) is 24.0 Å². The molecular formula is C12H25N. The smallest absolute Gasteiger partial charge is 0.00750 e. The zero-order chi connectivity index (χ0) is 10.0. The van der Waals surface area contributed by atoms with Gasteiger partial charge in [-0.05, 0) is 46.0 Å². The largest absolute Gasteiger partial charge is 0.295 e. The zero-order valence-electron chi connectivity index (χ0n) is 9.88. The molecular weight excluding hydrogens is 158 g/mol. The van der Waals surface area contributed by atoms with Crippen molar-refractivity contribution in [2.24, 2.45) is 5.92 Å². The topological polar surface area (TPSA) is 3.24 Å². The number of likely N-dealkylation sites (tertiary alicyclic amines) is 1. The average molecular weight is 183 g/mol. The van der Waals surface area contributed by atoms with Gasteiger partial charge < -0.3 is 0 Å². The molecule has 3 atom stereocenters. The maximum atomic E-state index is 2.71. The molecule has 1 aliphatic heterocycles. The molecule has 13 heavy (non-hydrogen) atoms. The Morgan fingerprint density at radius 2 is 1.54 bits per heavy atom. The molecule has 0 aromatic carbocycles. The minimum absolute atomic E-state index is 0.771. The molecule has 0 aromatic rings. The van der Waals surface area contributed by atoms with Gasteiger partial charge in [0.25, 0.3) is 0 Å². The van der Waals surface area contributed by atoms with Gasteiger partial charge in [-0.3, -0.25) is 4.90 Å². The Morgan fingerprint density at radius 3 is 1.92 bits per heavy atom. The molecule has 0 saturated carbocycles. The maximum absolute atomic E-state index is 2.71. The van der Waals surface area contributed by atoms with E-state index in [2.05, 4.69) is 39.5 Å². The van der Waals surface area contributed by atoms with Gasteiger partial charge in [-0.1, -0.05) is 13.8 Å². The van der Waals surface area contributed by atoms with Crippen LogP contribution in [0.4, 0.5) is 0 Å². The van der Waals surface area contributed by atoms with Crippen molar-refractivity contribution in [1.29, 1.82) is 0 Å². The second kappa shape index (κ2) is 4.45. The van der Waals surface area contributed by atoms with Gasteiger partial charge in [-0.2, -0.15) is 0 Å². The predicted octanol–water partition coefficient (Wildman–Crippen LogP) is 3.29. The van der Waals surface area contributed by atoms with Gasteiger partial charge >= 0.3 is 0 Å². The van der Waals surface area contributed by atoms with Gasteiger partial charge in [0, 0.05) is 18.1 Å². The summed E-state index contributed by atoms with van der Waals surface area (Å²) in [7, 11) is 0. The van der Waals surface area contributed by atoms with Crippen LogP contribution in [0.1, 0.15) is 53.9 Å². The lowest BCUT2D eigenvalue weighted by Crippen LogP contribution is -2.40. The number of hydrogen-bond acceptors (Lipinski definition) is 1. The Bertz CT molecular complexity index is 143. The Hall–Kier alpha value is -0.0400. The Balaban J connectivity index is 2.48. The van der Waals surface area contributed by atoms with Crippen molar-refractivity contribution in [2.75, 3.05) is 0 Å². The highest BCUT2D eigenvalue weighted by molar-refractivity contribution is 4.86. The fourth-order valence-corrected chi connectivity index (χ4v) is 2.89. The fraction of sp³-hybridized carbons (Fsp3) is 1.00. The first-order chi connectivity index (χ1) is 6.02. The minimum Gasteiger partial charge on any atom is -0.295 e. The van der Waals surface area contributed by atoms with E-state index in [1.807, 2.05) is 0 Å². The van der Waals surface area contributed by atoms with Crippen LogP contribution >= 0.6 is 0 Å². The van der Waals surface area contributed by atoms with Gasteiger partial charge in [-0.15, -0.1) is 0 Å². The van der Waals surface area contributed by atoms with E-state index >= 15 is 0 Å². The van der Waals surface area contributed by atoms with Crippen LogP contribution in [-0.2, 0) is 0 Å². The van der Waals surface area contributed by atoms with Crippen LogP contribution in [0.25, 0.3) is 0 Å². The van der Waals surface area contributed by atoms with Crippen LogP contribution in [0.15, 0.2) is 0 Å². The fourth-order valence-electron chi connectivity index (χ4n) is 2.89. The zero-order valence-corrected chi connectivity index (χ0v) is 9.88. The lowest BCUT2D eigenvalue weighted by Gasteiger charge is -2.33. The lowest BCUT2D eigenvalue weighted by molar-refractivity contribution is 0.138. The van der Waals surface area contributed by atoms with E-state index in [1.165, 1.54) is 19.3 Å². The molecule has 0 bridgehead atoms. The lowest BCUT2D eigenvalue weighted by atomic mass is 10.0. The summed E-state index contributed by atoms with van der Waals surface area (Å²) in [6, 6.07) is 2.39. The Morgan fingerprint density at radius 1 is 1.08 bits per heavy atom. The summed E-state index contributed by atoms with van der Waals surface area (Å²) in [6.07, 6.45) is 4.13. The molecule has 0 N–H and O–H groups in total. The molecule has 1 saturated heterocycles. The van der Waals surface area contributed by atoms with Gasteiger partial charge in [0.1, 0.15) is 0 Å². The second-order valence-corrected chi connectivity index (χ2v) is 5.20. The SMILES string of the molecule is CC(C)C[C@H](C)N1[C@H](C)CC[C@@H]1C. The third kappa shape index (κ3) is 2.70. The van der Waals surface area contributed by atoms with Gasteiger partial charge in [0.15, 0.2) is 0 Å². The van der Waals surface area contributed by atoms with Crippen molar-refractivity contribution in [3.63, 3.8) is 0 Å². The first-order valence-corrected chi connectivity index (χ1v) is 5.79.